The van der Waals surface area contributed by atoms with Gasteiger partial charge in [0.25, 0.3) is 0 Å². The zero-order valence-corrected chi connectivity index (χ0v) is 13.1. The van der Waals surface area contributed by atoms with E-state index in [1.165, 1.54) is 6.08 Å². The maximum absolute atomic E-state index is 11.7. The summed E-state index contributed by atoms with van der Waals surface area (Å²) in [6, 6.07) is 0. The van der Waals surface area contributed by atoms with E-state index in [9.17, 15) is 13.2 Å². The molecule has 0 aliphatic heterocycles. The Morgan fingerprint density at radius 3 is 2.85 bits per heavy atom. The van der Waals surface area contributed by atoms with Crippen LogP contribution >= 0.6 is 11.3 Å². The van der Waals surface area contributed by atoms with Crippen molar-refractivity contribution in [2.45, 2.75) is 26.7 Å². The second-order valence-electron chi connectivity index (χ2n) is 4.10. The van der Waals surface area contributed by atoms with Crippen LogP contribution in [0.3, 0.4) is 0 Å². The number of carbonyl (C=O) groups excluding carboxylic acids is 1. The minimum absolute atomic E-state index is 0.0401. The van der Waals surface area contributed by atoms with E-state index in [0.717, 1.165) is 17.8 Å². The molecule has 0 aliphatic rings. The van der Waals surface area contributed by atoms with Crippen LogP contribution in [0, 0.1) is 6.92 Å². The Hall–Kier alpha value is -1.41. The van der Waals surface area contributed by atoms with Gasteiger partial charge in [0.1, 0.15) is 11.5 Å². The maximum atomic E-state index is 11.7. The number of sulfonamides is 1. The number of ether oxygens (including phenoxy) is 1. The van der Waals surface area contributed by atoms with Gasteiger partial charge in [-0.25, -0.2) is 18.2 Å². The van der Waals surface area contributed by atoms with Gasteiger partial charge in [0.05, 0.1) is 11.4 Å². The lowest BCUT2D eigenvalue weighted by Crippen LogP contribution is -2.16. The second kappa shape index (κ2) is 7.39. The minimum atomic E-state index is -3.41. The Morgan fingerprint density at radius 2 is 2.25 bits per heavy atom. The molecule has 6 nitrogen and oxygen atoms in total. The van der Waals surface area contributed by atoms with E-state index in [2.05, 4.69) is 16.3 Å². The lowest BCUT2D eigenvalue weighted by atomic mass is 10.4. The summed E-state index contributed by atoms with van der Waals surface area (Å²) < 4.78 is 30.8. The number of esters is 1. The Bertz CT molecular complexity index is 578. The third-order valence-corrected chi connectivity index (χ3v) is 4.84. The molecule has 1 heterocycles. The lowest BCUT2D eigenvalue weighted by Gasteiger charge is -2.03. The van der Waals surface area contributed by atoms with Crippen LogP contribution in [0.15, 0.2) is 12.7 Å². The summed E-state index contributed by atoms with van der Waals surface area (Å²) in [4.78, 5) is 16.0. The molecule has 0 unspecified atom stereocenters. The number of hydrogen-bond acceptors (Lipinski definition) is 6. The van der Waals surface area contributed by atoms with Crippen molar-refractivity contribution in [3.05, 3.63) is 23.2 Å². The zero-order valence-electron chi connectivity index (χ0n) is 11.5. The van der Waals surface area contributed by atoms with Gasteiger partial charge in [-0.1, -0.05) is 37.3 Å². The Morgan fingerprint density at radius 1 is 1.55 bits per heavy atom. The second-order valence-corrected chi connectivity index (χ2v) is 6.94. The SMILES string of the molecule is C=CCOC(=O)c1sc(NS(=O)(=O)CCCC)nc1C. The minimum Gasteiger partial charge on any atom is -0.457 e. The van der Waals surface area contributed by atoms with E-state index in [-0.39, 0.29) is 17.5 Å². The number of hydrogen-bond donors (Lipinski definition) is 1. The number of anilines is 1. The predicted molar refractivity (Wildman–Crippen MR) is 79.6 cm³/mol. The number of aromatic nitrogens is 1. The highest BCUT2D eigenvalue weighted by Gasteiger charge is 2.19. The largest absolute Gasteiger partial charge is 0.457 e. The fourth-order valence-corrected chi connectivity index (χ4v) is 3.69. The highest BCUT2D eigenvalue weighted by molar-refractivity contribution is 7.92. The fraction of sp³-hybridized carbons (Fsp3) is 0.500. The quantitative estimate of drug-likeness (QED) is 0.587. The highest BCUT2D eigenvalue weighted by Crippen LogP contribution is 2.24. The number of unbranched alkanes of at least 4 members (excludes halogenated alkanes) is 1. The summed E-state index contributed by atoms with van der Waals surface area (Å²) in [6.07, 6.45) is 2.83. The van der Waals surface area contributed by atoms with Crippen molar-refractivity contribution in [3.63, 3.8) is 0 Å². The van der Waals surface area contributed by atoms with Crippen molar-refractivity contribution in [1.82, 2.24) is 4.98 Å². The van der Waals surface area contributed by atoms with Gasteiger partial charge in [0, 0.05) is 0 Å². The Kier molecular flexibility index (Phi) is 6.15. The summed E-state index contributed by atoms with van der Waals surface area (Å²) in [5.74, 6) is -0.489. The molecule has 1 aromatic rings. The molecule has 1 rings (SSSR count). The molecule has 0 aliphatic carbocycles. The van der Waals surface area contributed by atoms with Gasteiger partial charge in [-0.05, 0) is 13.3 Å². The van der Waals surface area contributed by atoms with E-state index in [4.69, 9.17) is 4.74 Å². The summed E-state index contributed by atoms with van der Waals surface area (Å²) in [5.41, 5.74) is 0.442. The maximum Gasteiger partial charge on any atom is 0.350 e. The molecule has 0 saturated heterocycles. The molecule has 8 heteroatoms. The molecule has 0 saturated carbocycles. The van der Waals surface area contributed by atoms with Crippen molar-refractivity contribution >= 4 is 32.5 Å². The van der Waals surface area contributed by atoms with Gasteiger partial charge in [-0.2, -0.15) is 0 Å². The van der Waals surface area contributed by atoms with Crippen molar-refractivity contribution in [1.29, 1.82) is 0 Å². The molecule has 1 N–H and O–H groups in total. The molecular weight excluding hydrogens is 300 g/mol. The van der Waals surface area contributed by atoms with E-state index in [1.54, 1.807) is 6.92 Å². The normalized spacial score (nSPS) is 11.1. The standard InChI is InChI=1S/C12H18N2O4S2/c1-4-6-8-20(16,17)14-12-13-9(3)10(19-12)11(15)18-7-5-2/h5H,2,4,6-8H2,1,3H3,(H,13,14). The third kappa shape index (κ3) is 4.93. The number of nitrogens with one attached hydrogen (secondary N) is 1. The van der Waals surface area contributed by atoms with E-state index >= 15 is 0 Å². The Labute approximate surface area is 122 Å². The van der Waals surface area contributed by atoms with Crippen molar-refractivity contribution in [3.8, 4) is 0 Å². The molecule has 1 aromatic heterocycles. The number of carbonyl (C=O) groups is 1. The topological polar surface area (TPSA) is 85.4 Å². The molecule has 20 heavy (non-hydrogen) atoms. The molecule has 0 radical (unpaired) electrons. The van der Waals surface area contributed by atoms with Gasteiger partial charge >= 0.3 is 5.97 Å². The molecule has 0 bridgehead atoms. The first-order chi connectivity index (χ1) is 9.39. The number of aryl methyl sites for hydroxylation is 1. The van der Waals surface area contributed by atoms with Crippen molar-refractivity contribution in [2.75, 3.05) is 17.1 Å². The average molecular weight is 318 g/mol. The van der Waals surface area contributed by atoms with Crippen LogP contribution in [-0.4, -0.2) is 31.7 Å². The smallest absolute Gasteiger partial charge is 0.350 e. The highest BCUT2D eigenvalue weighted by atomic mass is 32.2. The van der Waals surface area contributed by atoms with Gasteiger partial charge in [-0.3, -0.25) is 4.72 Å². The van der Waals surface area contributed by atoms with Gasteiger partial charge in [0.15, 0.2) is 5.13 Å². The molecule has 0 atom stereocenters. The number of thiazole rings is 1. The van der Waals surface area contributed by atoms with Gasteiger partial charge < -0.3 is 4.74 Å². The van der Waals surface area contributed by atoms with E-state index in [0.29, 0.717) is 17.0 Å². The van der Waals surface area contributed by atoms with Crippen LogP contribution < -0.4 is 4.72 Å². The molecule has 0 aromatic carbocycles. The first-order valence-electron chi connectivity index (χ1n) is 6.15. The van der Waals surface area contributed by atoms with Gasteiger partial charge in [-0.15, -0.1) is 0 Å². The third-order valence-electron chi connectivity index (χ3n) is 2.32. The summed E-state index contributed by atoms with van der Waals surface area (Å²) in [5, 5.41) is 0.184. The lowest BCUT2D eigenvalue weighted by molar-refractivity contribution is 0.0554. The molecule has 0 spiro atoms. The summed E-state index contributed by atoms with van der Waals surface area (Å²) in [6.45, 7) is 7.10. The number of nitrogens with zero attached hydrogens (tertiary/aromatic N) is 1. The first-order valence-corrected chi connectivity index (χ1v) is 8.62. The summed E-state index contributed by atoms with van der Waals surface area (Å²) in [7, 11) is -3.41. The molecular formula is C12H18N2O4S2. The van der Waals surface area contributed by atoms with E-state index < -0.39 is 16.0 Å². The van der Waals surface area contributed by atoms with Crippen molar-refractivity contribution in [2.24, 2.45) is 0 Å². The van der Waals surface area contributed by atoms with Crippen LogP contribution in [0.5, 0.6) is 0 Å². The van der Waals surface area contributed by atoms with Crippen LogP contribution in [0.4, 0.5) is 5.13 Å². The zero-order chi connectivity index (χ0) is 15.2. The number of rotatable bonds is 8. The first kappa shape index (κ1) is 16.6. The monoisotopic (exact) mass is 318 g/mol. The van der Waals surface area contributed by atoms with E-state index in [1.807, 2.05) is 6.92 Å². The van der Waals surface area contributed by atoms with Crippen LogP contribution in [-0.2, 0) is 14.8 Å². The van der Waals surface area contributed by atoms with Gasteiger partial charge in [0.2, 0.25) is 10.0 Å². The molecule has 0 amide bonds. The molecule has 0 fully saturated rings. The molecule has 112 valence electrons. The average Bonchev–Trinajstić information content (AvgIpc) is 2.73. The fourth-order valence-electron chi connectivity index (χ4n) is 1.35. The summed E-state index contributed by atoms with van der Waals surface area (Å²) >= 11 is 0.968. The van der Waals surface area contributed by atoms with Crippen molar-refractivity contribution < 1.29 is 17.9 Å². The van der Waals surface area contributed by atoms with Crippen LogP contribution in [0.25, 0.3) is 0 Å². The predicted octanol–water partition coefficient (Wildman–Crippen LogP) is 2.34. The van der Waals surface area contributed by atoms with Crippen LogP contribution in [0.2, 0.25) is 0 Å². The Balaban J connectivity index is 2.79. The van der Waals surface area contributed by atoms with Crippen LogP contribution in [0.1, 0.15) is 35.1 Å².